The third-order valence-corrected chi connectivity index (χ3v) is 3.78. The molecule has 0 radical (unpaired) electrons. The van der Waals surface area contributed by atoms with E-state index >= 15 is 0 Å². The van der Waals surface area contributed by atoms with Crippen molar-refractivity contribution in [3.05, 3.63) is 30.4 Å². The zero-order chi connectivity index (χ0) is 13.2. The van der Waals surface area contributed by atoms with Crippen LogP contribution in [0, 0.1) is 0 Å². The molecule has 92 valence electrons. The first kappa shape index (κ1) is 13.0. The van der Waals surface area contributed by atoms with Crippen molar-refractivity contribution in [2.24, 2.45) is 0 Å². The van der Waals surface area contributed by atoms with Crippen molar-refractivity contribution in [2.75, 3.05) is 11.5 Å². The van der Waals surface area contributed by atoms with Crippen LogP contribution in [0.4, 0.5) is 5.69 Å². The fourth-order valence-electron chi connectivity index (χ4n) is 1.34. The summed E-state index contributed by atoms with van der Waals surface area (Å²) in [4.78, 5) is 10.2. The fraction of sp³-hybridized carbons (Fsp3) is 0.100. The summed E-state index contributed by atoms with van der Waals surface area (Å²) in [5, 5.41) is 18.3. The number of carboxylic acids is 1. The Morgan fingerprint density at radius 1 is 1.47 bits per heavy atom. The molecule has 0 bridgehead atoms. The third-order valence-electron chi connectivity index (χ3n) is 2.05. The fourth-order valence-corrected chi connectivity index (χ4v) is 2.65. The number of nitrogens with two attached hydrogens (primary N) is 1. The molecule has 0 spiro atoms. The van der Waals surface area contributed by atoms with E-state index in [0.29, 0.717) is 0 Å². The van der Waals surface area contributed by atoms with Gasteiger partial charge in [0, 0.05) is 0 Å². The van der Waals surface area contributed by atoms with Gasteiger partial charge in [-0.15, -0.1) is 6.58 Å². The molecule has 0 fully saturated rings. The Labute approximate surface area is 97.9 Å². The van der Waals surface area contributed by atoms with E-state index in [1.807, 2.05) is 0 Å². The summed E-state index contributed by atoms with van der Waals surface area (Å²) in [5.74, 6) is -2.37. The first-order valence-electron chi connectivity index (χ1n) is 4.49. The Bertz CT molecular complexity index is 577. The average Bonchev–Trinajstić information content (AvgIpc) is 2.15. The van der Waals surface area contributed by atoms with Gasteiger partial charge in [-0.2, -0.15) is 0 Å². The molecule has 0 aromatic heterocycles. The van der Waals surface area contributed by atoms with E-state index in [1.165, 1.54) is 0 Å². The molecule has 1 aromatic carbocycles. The van der Waals surface area contributed by atoms with Crippen molar-refractivity contribution in [1.29, 1.82) is 0 Å². The highest BCUT2D eigenvalue weighted by atomic mass is 32.2. The topological polar surface area (TPSA) is 118 Å². The van der Waals surface area contributed by atoms with Crippen LogP contribution in [0.5, 0.6) is 5.75 Å². The molecule has 0 aliphatic heterocycles. The van der Waals surface area contributed by atoms with Crippen molar-refractivity contribution in [3.8, 4) is 5.75 Å². The van der Waals surface area contributed by atoms with Gasteiger partial charge in [-0.05, 0) is 12.1 Å². The predicted octanol–water partition coefficient (Wildman–Crippen LogP) is 0.632. The van der Waals surface area contributed by atoms with Gasteiger partial charge in [-0.25, -0.2) is 13.2 Å². The highest BCUT2D eigenvalue weighted by molar-refractivity contribution is 7.91. The molecule has 1 aromatic rings. The van der Waals surface area contributed by atoms with E-state index in [4.69, 9.17) is 10.8 Å². The summed E-state index contributed by atoms with van der Waals surface area (Å²) in [6.07, 6.45) is 1.13. The van der Waals surface area contributed by atoms with Crippen molar-refractivity contribution in [3.63, 3.8) is 0 Å². The van der Waals surface area contributed by atoms with Crippen molar-refractivity contribution in [2.45, 2.75) is 4.90 Å². The number of nitrogen functional groups attached to an aromatic ring is 1. The molecule has 17 heavy (non-hydrogen) atoms. The van der Waals surface area contributed by atoms with Gasteiger partial charge < -0.3 is 15.9 Å². The molecule has 6 nitrogen and oxygen atoms in total. The van der Waals surface area contributed by atoms with Gasteiger partial charge in [0.25, 0.3) is 0 Å². The standard InChI is InChI=1S/C10H11NO5S/c1-2-5-17(15,16)9-7(12)4-3-6(8(9)11)10(13)14/h2-4,12H,1,5,11H2,(H,13,14). The van der Waals surface area contributed by atoms with Crippen LogP contribution in [-0.2, 0) is 9.84 Å². The Hall–Kier alpha value is -2.02. The van der Waals surface area contributed by atoms with Crippen LogP contribution in [0.2, 0.25) is 0 Å². The monoisotopic (exact) mass is 257 g/mol. The number of phenols is 1. The third kappa shape index (κ3) is 2.39. The van der Waals surface area contributed by atoms with Gasteiger partial charge in [-0.1, -0.05) is 6.08 Å². The summed E-state index contributed by atoms with van der Waals surface area (Å²) in [6.45, 7) is 3.27. The second-order valence-electron chi connectivity index (χ2n) is 3.25. The van der Waals surface area contributed by atoms with Crippen LogP contribution in [-0.4, -0.2) is 30.4 Å². The maximum Gasteiger partial charge on any atom is 0.337 e. The Balaban J connectivity index is 3.58. The van der Waals surface area contributed by atoms with E-state index < -0.39 is 37.9 Å². The van der Waals surface area contributed by atoms with E-state index in [0.717, 1.165) is 18.2 Å². The second kappa shape index (κ2) is 4.46. The smallest absolute Gasteiger partial charge is 0.337 e. The van der Waals surface area contributed by atoms with E-state index in [2.05, 4.69) is 6.58 Å². The number of phenolic OH excluding ortho intramolecular Hbond substituents is 1. The summed E-state index contributed by atoms with van der Waals surface area (Å²) in [5.41, 5.74) is 4.60. The normalized spacial score (nSPS) is 11.1. The van der Waals surface area contributed by atoms with Crippen LogP contribution in [0.25, 0.3) is 0 Å². The number of carbonyl (C=O) groups is 1. The SMILES string of the molecule is C=CCS(=O)(=O)c1c(O)ccc(C(=O)O)c1N. The van der Waals surface area contributed by atoms with Crippen LogP contribution in [0.1, 0.15) is 10.4 Å². The quantitative estimate of drug-likeness (QED) is 0.538. The number of rotatable bonds is 4. The first-order valence-corrected chi connectivity index (χ1v) is 6.15. The lowest BCUT2D eigenvalue weighted by Crippen LogP contribution is -2.12. The van der Waals surface area contributed by atoms with Gasteiger partial charge in [-0.3, -0.25) is 0 Å². The minimum absolute atomic E-state index is 0.370. The molecule has 0 aliphatic carbocycles. The minimum Gasteiger partial charge on any atom is -0.507 e. The number of aromatic hydroxyl groups is 1. The predicted molar refractivity (Wildman–Crippen MR) is 61.7 cm³/mol. The van der Waals surface area contributed by atoms with Crippen LogP contribution in [0.15, 0.2) is 29.7 Å². The summed E-state index contributed by atoms with van der Waals surface area (Å²) in [6, 6.07) is 2.02. The largest absolute Gasteiger partial charge is 0.507 e. The van der Waals surface area contributed by atoms with Gasteiger partial charge >= 0.3 is 5.97 Å². The van der Waals surface area contributed by atoms with Gasteiger partial charge in [0.2, 0.25) is 0 Å². The van der Waals surface area contributed by atoms with Crippen molar-refractivity contribution in [1.82, 2.24) is 0 Å². The second-order valence-corrected chi connectivity index (χ2v) is 5.22. The molecule has 7 heteroatoms. The van der Waals surface area contributed by atoms with Crippen molar-refractivity contribution < 1.29 is 23.4 Å². The number of anilines is 1. The number of aromatic carboxylic acids is 1. The van der Waals surface area contributed by atoms with Crippen molar-refractivity contribution >= 4 is 21.5 Å². The molecule has 0 heterocycles. The number of hydrogen-bond donors (Lipinski definition) is 3. The maximum absolute atomic E-state index is 11.7. The Kier molecular flexibility index (Phi) is 3.42. The Morgan fingerprint density at radius 2 is 2.06 bits per heavy atom. The molecule has 1 rings (SSSR count). The molecule has 0 saturated carbocycles. The molecule has 0 atom stereocenters. The highest BCUT2D eigenvalue weighted by Crippen LogP contribution is 2.32. The molecule has 0 unspecified atom stereocenters. The van der Waals surface area contributed by atoms with Crippen LogP contribution < -0.4 is 5.73 Å². The van der Waals surface area contributed by atoms with E-state index in [9.17, 15) is 18.3 Å². The number of hydrogen-bond acceptors (Lipinski definition) is 5. The Morgan fingerprint density at radius 3 is 2.53 bits per heavy atom. The molecule has 4 N–H and O–H groups in total. The molecule has 0 aliphatic rings. The van der Waals surface area contributed by atoms with Gasteiger partial charge in [0.15, 0.2) is 9.84 Å². The summed E-state index contributed by atoms with van der Waals surface area (Å²) < 4.78 is 23.5. The lowest BCUT2D eigenvalue weighted by molar-refractivity contribution is 0.0698. The average molecular weight is 257 g/mol. The molecular weight excluding hydrogens is 246 g/mol. The molecule has 0 saturated heterocycles. The number of benzene rings is 1. The highest BCUT2D eigenvalue weighted by Gasteiger charge is 2.24. The zero-order valence-corrected chi connectivity index (χ0v) is 9.57. The van der Waals surface area contributed by atoms with Gasteiger partial charge in [0.05, 0.1) is 17.0 Å². The van der Waals surface area contributed by atoms with Crippen LogP contribution >= 0.6 is 0 Å². The van der Waals surface area contributed by atoms with Crippen LogP contribution in [0.3, 0.4) is 0 Å². The van der Waals surface area contributed by atoms with Gasteiger partial charge in [0.1, 0.15) is 10.6 Å². The maximum atomic E-state index is 11.7. The number of carboxylic acid groups (broad SMARTS) is 1. The summed E-state index contributed by atoms with van der Waals surface area (Å²) >= 11 is 0. The molecular formula is C10H11NO5S. The summed E-state index contributed by atoms with van der Waals surface area (Å²) in [7, 11) is -3.88. The van der Waals surface area contributed by atoms with E-state index in [1.54, 1.807) is 0 Å². The molecule has 0 amide bonds. The lowest BCUT2D eigenvalue weighted by atomic mass is 10.2. The lowest BCUT2D eigenvalue weighted by Gasteiger charge is -2.10. The first-order chi connectivity index (χ1) is 7.81. The minimum atomic E-state index is -3.88. The zero-order valence-electron chi connectivity index (χ0n) is 8.75. The number of sulfone groups is 1. The van der Waals surface area contributed by atoms with E-state index in [-0.39, 0.29) is 5.56 Å².